The summed E-state index contributed by atoms with van der Waals surface area (Å²) in [6.07, 6.45) is 0. The molecular weight excluding hydrogens is 276 g/mol. The highest BCUT2D eigenvalue weighted by molar-refractivity contribution is 5.68. The fourth-order valence-corrected chi connectivity index (χ4v) is 1.27. The van der Waals surface area contributed by atoms with E-state index in [4.69, 9.17) is 24.8 Å². The smallest absolute Gasteiger partial charge is 0.341 e. The quantitative estimate of drug-likeness (QED) is 0.800. The van der Waals surface area contributed by atoms with Crippen LogP contribution in [0.15, 0.2) is 48.5 Å². The second kappa shape index (κ2) is 8.31. The van der Waals surface area contributed by atoms with Gasteiger partial charge in [-0.2, -0.15) is 0 Å². The van der Waals surface area contributed by atoms with Crippen molar-refractivity contribution in [3.8, 4) is 23.0 Å². The molecule has 0 radical (unpaired) electrons. The SMILES string of the molecule is COc1ccc(O)cc1.O=C(O)COc1ccc(O)cc1. The highest BCUT2D eigenvalue weighted by atomic mass is 16.5. The third-order valence-electron chi connectivity index (χ3n) is 2.27. The summed E-state index contributed by atoms with van der Waals surface area (Å²) in [5.41, 5.74) is 0. The van der Waals surface area contributed by atoms with Gasteiger partial charge in [0.1, 0.15) is 23.0 Å². The molecule has 0 aromatic heterocycles. The molecule has 0 aliphatic heterocycles. The standard InChI is InChI=1S/C8H8O4.C7H8O2/c9-6-1-3-7(4-2-6)12-5-8(10)11;1-9-7-4-2-6(8)3-5-7/h1-4,9H,5H2,(H,10,11);2-5,8H,1H3. The molecule has 0 unspecified atom stereocenters. The average molecular weight is 292 g/mol. The summed E-state index contributed by atoms with van der Waals surface area (Å²) in [6, 6.07) is 12.4. The maximum atomic E-state index is 10.1. The van der Waals surface area contributed by atoms with Crippen molar-refractivity contribution in [3.05, 3.63) is 48.5 Å². The molecule has 0 spiro atoms. The summed E-state index contributed by atoms with van der Waals surface area (Å²) in [5, 5.41) is 25.9. The lowest BCUT2D eigenvalue weighted by Crippen LogP contribution is -2.09. The van der Waals surface area contributed by atoms with Gasteiger partial charge in [0.15, 0.2) is 6.61 Å². The van der Waals surface area contributed by atoms with E-state index < -0.39 is 5.97 Å². The minimum atomic E-state index is -1.02. The van der Waals surface area contributed by atoms with Crippen LogP contribution < -0.4 is 9.47 Å². The number of phenolic OH excluding ortho intramolecular Hbond substituents is 2. The van der Waals surface area contributed by atoms with Crippen molar-refractivity contribution in [1.82, 2.24) is 0 Å². The minimum absolute atomic E-state index is 0.123. The molecular formula is C15H16O6. The summed E-state index contributed by atoms with van der Waals surface area (Å²) in [4.78, 5) is 10.1. The number of carbonyl (C=O) groups is 1. The van der Waals surface area contributed by atoms with E-state index in [1.165, 1.54) is 24.3 Å². The molecule has 0 saturated heterocycles. The number of phenols is 2. The molecule has 0 atom stereocenters. The lowest BCUT2D eigenvalue weighted by atomic mass is 10.3. The van der Waals surface area contributed by atoms with Gasteiger partial charge in [-0.1, -0.05) is 0 Å². The third kappa shape index (κ3) is 6.72. The highest BCUT2D eigenvalue weighted by Crippen LogP contribution is 2.15. The van der Waals surface area contributed by atoms with Crippen LogP contribution in [0.5, 0.6) is 23.0 Å². The fourth-order valence-electron chi connectivity index (χ4n) is 1.27. The van der Waals surface area contributed by atoms with Crippen LogP contribution in [-0.4, -0.2) is 35.0 Å². The van der Waals surface area contributed by atoms with Crippen LogP contribution in [0.3, 0.4) is 0 Å². The van der Waals surface area contributed by atoms with E-state index >= 15 is 0 Å². The molecule has 21 heavy (non-hydrogen) atoms. The molecule has 112 valence electrons. The van der Waals surface area contributed by atoms with Crippen LogP contribution >= 0.6 is 0 Å². The molecule has 0 heterocycles. The molecule has 0 amide bonds. The minimum Gasteiger partial charge on any atom is -0.508 e. The zero-order chi connectivity index (χ0) is 15.7. The lowest BCUT2D eigenvalue weighted by molar-refractivity contribution is -0.139. The first-order valence-corrected chi connectivity index (χ1v) is 5.98. The Labute approximate surface area is 121 Å². The maximum Gasteiger partial charge on any atom is 0.341 e. The van der Waals surface area contributed by atoms with Gasteiger partial charge < -0.3 is 24.8 Å². The predicted molar refractivity (Wildman–Crippen MR) is 75.9 cm³/mol. The number of hydrogen-bond acceptors (Lipinski definition) is 5. The Balaban J connectivity index is 0.000000219. The maximum absolute atomic E-state index is 10.1. The number of benzene rings is 2. The third-order valence-corrected chi connectivity index (χ3v) is 2.27. The van der Waals surface area contributed by atoms with E-state index in [1.54, 1.807) is 31.4 Å². The van der Waals surface area contributed by atoms with Gasteiger partial charge >= 0.3 is 5.97 Å². The zero-order valence-corrected chi connectivity index (χ0v) is 11.4. The van der Waals surface area contributed by atoms with Crippen molar-refractivity contribution in [3.63, 3.8) is 0 Å². The van der Waals surface area contributed by atoms with Crippen molar-refractivity contribution >= 4 is 5.97 Å². The molecule has 0 aliphatic rings. The zero-order valence-electron chi connectivity index (χ0n) is 11.4. The van der Waals surface area contributed by atoms with E-state index in [1.807, 2.05) is 0 Å². The molecule has 2 rings (SSSR count). The Hall–Kier alpha value is -2.89. The van der Waals surface area contributed by atoms with Crippen molar-refractivity contribution in [1.29, 1.82) is 0 Å². The molecule has 6 heteroatoms. The van der Waals surface area contributed by atoms with E-state index in [-0.39, 0.29) is 18.1 Å². The Morgan fingerprint density at radius 3 is 1.71 bits per heavy atom. The molecule has 2 aromatic rings. The first-order valence-electron chi connectivity index (χ1n) is 5.98. The Kier molecular flexibility index (Phi) is 6.40. The molecule has 3 N–H and O–H groups in total. The van der Waals surface area contributed by atoms with Crippen LogP contribution in [0.4, 0.5) is 0 Å². The summed E-state index contributed by atoms with van der Waals surface area (Å²) < 4.78 is 9.67. The summed E-state index contributed by atoms with van der Waals surface area (Å²) in [7, 11) is 1.59. The second-order valence-corrected chi connectivity index (χ2v) is 3.87. The normalized spacial score (nSPS) is 9.19. The number of ether oxygens (including phenoxy) is 2. The van der Waals surface area contributed by atoms with Gasteiger partial charge in [-0.05, 0) is 48.5 Å². The van der Waals surface area contributed by atoms with Crippen molar-refractivity contribution in [2.45, 2.75) is 0 Å². The molecule has 0 bridgehead atoms. The average Bonchev–Trinajstić information content (AvgIpc) is 2.48. The summed E-state index contributed by atoms with van der Waals surface area (Å²) in [5.74, 6) is 0.541. The van der Waals surface area contributed by atoms with Gasteiger partial charge in [-0.15, -0.1) is 0 Å². The number of hydrogen-bond donors (Lipinski definition) is 3. The Morgan fingerprint density at radius 2 is 1.33 bits per heavy atom. The van der Waals surface area contributed by atoms with Gasteiger partial charge in [0.05, 0.1) is 7.11 Å². The van der Waals surface area contributed by atoms with Gasteiger partial charge in [-0.3, -0.25) is 0 Å². The molecule has 0 aliphatic carbocycles. The molecule has 6 nitrogen and oxygen atoms in total. The topological polar surface area (TPSA) is 96.2 Å². The van der Waals surface area contributed by atoms with Crippen LogP contribution in [0, 0.1) is 0 Å². The number of carboxylic acid groups (broad SMARTS) is 1. The largest absolute Gasteiger partial charge is 0.508 e. The second-order valence-electron chi connectivity index (χ2n) is 3.87. The number of methoxy groups -OCH3 is 1. The fraction of sp³-hybridized carbons (Fsp3) is 0.133. The Morgan fingerprint density at radius 1 is 0.905 bits per heavy atom. The van der Waals surface area contributed by atoms with Crippen LogP contribution in [0.25, 0.3) is 0 Å². The number of aromatic hydroxyl groups is 2. The van der Waals surface area contributed by atoms with Crippen LogP contribution in [0.2, 0.25) is 0 Å². The van der Waals surface area contributed by atoms with E-state index in [9.17, 15) is 4.79 Å². The van der Waals surface area contributed by atoms with Gasteiger partial charge in [0, 0.05) is 0 Å². The van der Waals surface area contributed by atoms with Crippen LogP contribution in [0.1, 0.15) is 0 Å². The summed E-state index contributed by atoms with van der Waals surface area (Å²) >= 11 is 0. The Bertz CT molecular complexity index is 547. The molecule has 2 aromatic carbocycles. The van der Waals surface area contributed by atoms with E-state index in [0.29, 0.717) is 5.75 Å². The number of rotatable bonds is 4. The van der Waals surface area contributed by atoms with E-state index in [0.717, 1.165) is 5.75 Å². The highest BCUT2D eigenvalue weighted by Gasteiger charge is 1.98. The summed E-state index contributed by atoms with van der Waals surface area (Å²) in [6.45, 7) is -0.370. The van der Waals surface area contributed by atoms with Crippen molar-refractivity contribution in [2.75, 3.05) is 13.7 Å². The first-order chi connectivity index (χ1) is 10.0. The van der Waals surface area contributed by atoms with Crippen molar-refractivity contribution < 1.29 is 29.6 Å². The first kappa shape index (κ1) is 16.2. The molecule has 0 saturated carbocycles. The van der Waals surface area contributed by atoms with Gasteiger partial charge in [-0.25, -0.2) is 4.79 Å². The van der Waals surface area contributed by atoms with Gasteiger partial charge in [0.2, 0.25) is 0 Å². The number of carboxylic acids is 1. The van der Waals surface area contributed by atoms with E-state index in [2.05, 4.69) is 0 Å². The van der Waals surface area contributed by atoms with Gasteiger partial charge in [0.25, 0.3) is 0 Å². The molecule has 0 fully saturated rings. The monoisotopic (exact) mass is 292 g/mol. The predicted octanol–water partition coefficient (Wildman–Crippen LogP) is 2.26. The number of aliphatic carboxylic acids is 1. The lowest BCUT2D eigenvalue weighted by Gasteiger charge is -2.01. The van der Waals surface area contributed by atoms with Crippen molar-refractivity contribution in [2.24, 2.45) is 0 Å². The van der Waals surface area contributed by atoms with Crippen LogP contribution in [-0.2, 0) is 4.79 Å².